The molecular weight excluding hydrogens is 300 g/mol. The minimum Gasteiger partial charge on any atom is -0.438 e. The van der Waals surface area contributed by atoms with Crippen molar-refractivity contribution in [2.24, 2.45) is 0 Å². The highest BCUT2D eigenvalue weighted by atomic mass is 32.2. The van der Waals surface area contributed by atoms with Crippen molar-refractivity contribution in [2.75, 3.05) is 0 Å². The summed E-state index contributed by atoms with van der Waals surface area (Å²) in [6, 6.07) is 17.6. The SMILES string of the molecule is N=c1oc2ccccc2cc1S(=O)(=O)NCc1ccccc1. The number of fused-ring (bicyclic) bond motifs is 1. The van der Waals surface area contributed by atoms with Gasteiger partial charge in [0.15, 0.2) is 0 Å². The summed E-state index contributed by atoms with van der Waals surface area (Å²) in [6.45, 7) is 0.162. The Morgan fingerprint density at radius 1 is 1.00 bits per heavy atom. The minimum atomic E-state index is -3.81. The van der Waals surface area contributed by atoms with Crippen LogP contribution in [0.4, 0.5) is 0 Å². The van der Waals surface area contributed by atoms with Crippen molar-refractivity contribution in [3.63, 3.8) is 0 Å². The summed E-state index contributed by atoms with van der Waals surface area (Å²) in [4.78, 5) is -0.165. The average molecular weight is 314 g/mol. The molecule has 0 radical (unpaired) electrons. The zero-order valence-electron chi connectivity index (χ0n) is 11.6. The van der Waals surface area contributed by atoms with E-state index in [-0.39, 0.29) is 17.0 Å². The lowest BCUT2D eigenvalue weighted by atomic mass is 10.2. The predicted molar refractivity (Wildman–Crippen MR) is 82.5 cm³/mol. The molecule has 0 atom stereocenters. The van der Waals surface area contributed by atoms with Gasteiger partial charge in [-0.2, -0.15) is 0 Å². The van der Waals surface area contributed by atoms with Crippen LogP contribution in [0.15, 0.2) is 70.0 Å². The number of benzene rings is 2. The maximum atomic E-state index is 12.4. The molecule has 0 spiro atoms. The van der Waals surface area contributed by atoms with Crippen molar-refractivity contribution >= 4 is 21.0 Å². The van der Waals surface area contributed by atoms with E-state index in [0.717, 1.165) is 5.56 Å². The molecule has 1 heterocycles. The Morgan fingerprint density at radius 3 is 2.45 bits per heavy atom. The van der Waals surface area contributed by atoms with Crippen LogP contribution in [0.3, 0.4) is 0 Å². The lowest BCUT2D eigenvalue weighted by molar-refractivity contribution is 0.504. The molecule has 0 saturated carbocycles. The fourth-order valence-corrected chi connectivity index (χ4v) is 3.19. The molecule has 0 unspecified atom stereocenters. The van der Waals surface area contributed by atoms with E-state index in [1.165, 1.54) is 6.07 Å². The van der Waals surface area contributed by atoms with E-state index in [4.69, 9.17) is 9.83 Å². The van der Waals surface area contributed by atoms with E-state index >= 15 is 0 Å². The van der Waals surface area contributed by atoms with E-state index in [1.807, 2.05) is 30.3 Å². The summed E-state index contributed by atoms with van der Waals surface area (Å²) in [5.41, 5.74) is 0.948. The van der Waals surface area contributed by atoms with Gasteiger partial charge >= 0.3 is 0 Å². The van der Waals surface area contributed by atoms with Gasteiger partial charge in [-0.05, 0) is 17.7 Å². The lowest BCUT2D eigenvalue weighted by Crippen LogP contribution is -2.27. The summed E-state index contributed by atoms with van der Waals surface area (Å²) in [5, 5.41) is 8.44. The molecule has 22 heavy (non-hydrogen) atoms. The van der Waals surface area contributed by atoms with Crippen molar-refractivity contribution < 1.29 is 12.8 Å². The van der Waals surface area contributed by atoms with E-state index in [9.17, 15) is 8.42 Å². The topological polar surface area (TPSA) is 83.2 Å². The molecule has 0 aliphatic heterocycles. The highest BCUT2D eigenvalue weighted by Crippen LogP contribution is 2.15. The number of hydrogen-bond acceptors (Lipinski definition) is 4. The summed E-state index contributed by atoms with van der Waals surface area (Å²) in [7, 11) is -3.81. The first-order valence-electron chi connectivity index (χ1n) is 6.67. The zero-order chi connectivity index (χ0) is 15.6. The molecule has 3 rings (SSSR count). The van der Waals surface area contributed by atoms with Crippen LogP contribution in [0.5, 0.6) is 0 Å². The Bertz CT molecular complexity index is 963. The third-order valence-corrected chi connectivity index (χ3v) is 4.65. The summed E-state index contributed by atoms with van der Waals surface area (Å²) < 4.78 is 32.5. The second-order valence-electron chi connectivity index (χ2n) is 4.79. The molecule has 2 aromatic carbocycles. The molecular formula is C16H14N2O3S. The van der Waals surface area contributed by atoms with Crippen LogP contribution in [0.25, 0.3) is 11.0 Å². The standard InChI is InChI=1S/C16H14N2O3S/c17-16-15(10-13-8-4-5-9-14(13)21-16)22(19,20)18-11-12-6-2-1-3-7-12/h1-10,17-18H,11H2. The van der Waals surface area contributed by atoms with Crippen LogP contribution in [0, 0.1) is 5.41 Å². The third-order valence-electron chi connectivity index (χ3n) is 3.24. The van der Waals surface area contributed by atoms with Gasteiger partial charge in [-0.3, -0.25) is 5.41 Å². The Morgan fingerprint density at radius 2 is 1.68 bits per heavy atom. The van der Waals surface area contributed by atoms with Crippen molar-refractivity contribution in [3.05, 3.63) is 71.8 Å². The van der Waals surface area contributed by atoms with Gasteiger partial charge in [0.05, 0.1) is 0 Å². The molecule has 6 heteroatoms. The van der Waals surface area contributed by atoms with Crippen LogP contribution < -0.4 is 10.3 Å². The van der Waals surface area contributed by atoms with Gasteiger partial charge in [-0.1, -0.05) is 48.5 Å². The first-order chi connectivity index (χ1) is 10.6. The van der Waals surface area contributed by atoms with Gasteiger partial charge in [0.25, 0.3) is 0 Å². The highest BCUT2D eigenvalue weighted by molar-refractivity contribution is 7.89. The maximum Gasteiger partial charge on any atom is 0.246 e. The highest BCUT2D eigenvalue weighted by Gasteiger charge is 2.18. The Labute approximate surface area is 127 Å². The largest absolute Gasteiger partial charge is 0.438 e. The Hall–Kier alpha value is -2.44. The van der Waals surface area contributed by atoms with Gasteiger partial charge in [0, 0.05) is 11.9 Å². The lowest BCUT2D eigenvalue weighted by Gasteiger charge is -2.07. The zero-order valence-corrected chi connectivity index (χ0v) is 12.4. The molecule has 5 nitrogen and oxygen atoms in total. The molecule has 0 fully saturated rings. The van der Waals surface area contributed by atoms with Gasteiger partial charge in [0.1, 0.15) is 10.5 Å². The number of rotatable bonds is 4. The molecule has 0 aliphatic rings. The number of hydrogen-bond donors (Lipinski definition) is 2. The van der Waals surface area contributed by atoms with Crippen molar-refractivity contribution in [2.45, 2.75) is 11.4 Å². The van der Waals surface area contributed by atoms with E-state index in [0.29, 0.717) is 11.0 Å². The molecule has 1 aromatic heterocycles. The van der Waals surface area contributed by atoms with E-state index in [2.05, 4.69) is 4.72 Å². The molecule has 0 amide bonds. The fraction of sp³-hybridized carbons (Fsp3) is 0.0625. The first-order valence-corrected chi connectivity index (χ1v) is 8.16. The van der Waals surface area contributed by atoms with Crippen LogP contribution in [-0.2, 0) is 16.6 Å². The maximum absolute atomic E-state index is 12.4. The number of nitrogens with one attached hydrogen (secondary N) is 2. The van der Waals surface area contributed by atoms with Crippen LogP contribution >= 0.6 is 0 Å². The van der Waals surface area contributed by atoms with E-state index < -0.39 is 10.0 Å². The van der Waals surface area contributed by atoms with Crippen LogP contribution in [0.1, 0.15) is 5.56 Å². The van der Waals surface area contributed by atoms with Crippen LogP contribution in [-0.4, -0.2) is 8.42 Å². The molecule has 0 bridgehead atoms. The Kier molecular flexibility index (Phi) is 3.79. The van der Waals surface area contributed by atoms with Gasteiger partial charge in [-0.25, -0.2) is 13.1 Å². The third kappa shape index (κ3) is 2.93. The van der Waals surface area contributed by atoms with Crippen molar-refractivity contribution in [1.29, 1.82) is 5.41 Å². The minimum absolute atomic E-state index is 0.162. The molecule has 3 aromatic rings. The smallest absolute Gasteiger partial charge is 0.246 e. The molecule has 112 valence electrons. The predicted octanol–water partition coefficient (Wildman–Crippen LogP) is 2.39. The summed E-state index contributed by atoms with van der Waals surface area (Å²) in [6.07, 6.45) is 0. The van der Waals surface area contributed by atoms with Gasteiger partial charge < -0.3 is 4.42 Å². The quantitative estimate of drug-likeness (QED) is 0.775. The second-order valence-corrected chi connectivity index (χ2v) is 6.52. The first kappa shape index (κ1) is 14.5. The number of para-hydroxylation sites is 1. The second kappa shape index (κ2) is 5.75. The fourth-order valence-electron chi connectivity index (χ4n) is 2.11. The van der Waals surface area contributed by atoms with Crippen molar-refractivity contribution in [3.8, 4) is 0 Å². The molecule has 0 aliphatic carbocycles. The van der Waals surface area contributed by atoms with Crippen LogP contribution in [0.2, 0.25) is 0 Å². The Balaban J connectivity index is 1.95. The molecule has 0 saturated heterocycles. The van der Waals surface area contributed by atoms with Gasteiger partial charge in [-0.15, -0.1) is 0 Å². The van der Waals surface area contributed by atoms with Crippen molar-refractivity contribution in [1.82, 2.24) is 4.72 Å². The summed E-state index contributed by atoms with van der Waals surface area (Å²) in [5.74, 6) is 0. The number of sulfonamides is 1. The monoisotopic (exact) mass is 314 g/mol. The average Bonchev–Trinajstić information content (AvgIpc) is 2.53. The summed E-state index contributed by atoms with van der Waals surface area (Å²) >= 11 is 0. The van der Waals surface area contributed by atoms with Gasteiger partial charge in [0.2, 0.25) is 15.6 Å². The van der Waals surface area contributed by atoms with E-state index in [1.54, 1.807) is 24.3 Å². The molecule has 2 N–H and O–H groups in total. The normalized spacial score (nSPS) is 11.6.